The largest absolute Gasteiger partial charge is 0.754 e. The van der Waals surface area contributed by atoms with Gasteiger partial charge < -0.3 is 10.3 Å². The highest BCUT2D eigenvalue weighted by atomic mass is 32.1. The second kappa shape index (κ2) is 4.16. The Hall–Kier alpha value is -1.91. The lowest BCUT2D eigenvalue weighted by molar-refractivity contribution is 1.24. The Kier molecular flexibility index (Phi) is 2.51. The van der Waals surface area contributed by atoms with E-state index in [4.69, 9.17) is 0 Å². The van der Waals surface area contributed by atoms with Crippen molar-refractivity contribution in [2.75, 3.05) is 5.06 Å². The third-order valence-corrected chi connectivity index (χ3v) is 3.43. The molecule has 0 aliphatic heterocycles. The average Bonchev–Trinajstić information content (AvgIpc) is 2.86. The van der Waals surface area contributed by atoms with E-state index in [0.717, 1.165) is 9.76 Å². The number of fused-ring (bicyclic) bond motifs is 1. The fraction of sp³-hybridized carbons (Fsp3) is 0. The fourth-order valence-electron chi connectivity index (χ4n) is 1.69. The molecule has 0 fully saturated rings. The van der Waals surface area contributed by atoms with Crippen molar-refractivity contribution in [3.8, 4) is 0 Å². The molecular weight excluding hydrogens is 232 g/mol. The molecule has 3 nitrogen and oxygen atoms in total. The molecule has 3 aromatic rings. The summed E-state index contributed by atoms with van der Waals surface area (Å²) in [6.07, 6.45) is 3.21. The number of hydrogen-bond acceptors (Lipinski definition) is 4. The Labute approximate surface area is 103 Å². The SMILES string of the molecule is [O-]N(c1cccnc1)c1ccc2ccsc2c1. The first kappa shape index (κ1) is 10.3. The van der Waals surface area contributed by atoms with Crippen molar-refractivity contribution < 1.29 is 0 Å². The van der Waals surface area contributed by atoms with Gasteiger partial charge in [0.05, 0.1) is 0 Å². The maximum absolute atomic E-state index is 12.1. The summed E-state index contributed by atoms with van der Waals surface area (Å²) in [5, 5.41) is 16.2. The predicted octanol–water partition coefficient (Wildman–Crippen LogP) is 3.93. The van der Waals surface area contributed by atoms with Gasteiger partial charge in [-0.15, -0.1) is 11.3 Å². The van der Waals surface area contributed by atoms with Crippen LogP contribution in [0.2, 0.25) is 0 Å². The van der Waals surface area contributed by atoms with Crippen molar-refractivity contribution in [2.24, 2.45) is 0 Å². The van der Waals surface area contributed by atoms with Crippen LogP contribution in [0, 0.1) is 5.21 Å². The van der Waals surface area contributed by atoms with Crippen LogP contribution < -0.4 is 5.06 Å². The maximum Gasteiger partial charge on any atom is 0.0497 e. The van der Waals surface area contributed by atoms with Crippen molar-refractivity contribution in [2.45, 2.75) is 0 Å². The first-order valence-corrected chi connectivity index (χ1v) is 6.07. The molecule has 0 amide bonds. The molecule has 17 heavy (non-hydrogen) atoms. The Morgan fingerprint density at radius 3 is 2.88 bits per heavy atom. The van der Waals surface area contributed by atoms with E-state index >= 15 is 0 Å². The van der Waals surface area contributed by atoms with Crippen LogP contribution in [0.4, 0.5) is 11.4 Å². The smallest absolute Gasteiger partial charge is 0.0497 e. The van der Waals surface area contributed by atoms with E-state index < -0.39 is 0 Å². The molecule has 2 aromatic heterocycles. The van der Waals surface area contributed by atoms with E-state index in [2.05, 4.69) is 4.98 Å². The quantitative estimate of drug-likeness (QED) is 0.638. The molecule has 1 aromatic carbocycles. The molecule has 4 heteroatoms. The molecule has 0 N–H and O–H groups in total. The molecular formula is C13H9N2OS-. The second-order valence-electron chi connectivity index (χ2n) is 3.65. The Balaban J connectivity index is 2.03. The predicted molar refractivity (Wildman–Crippen MR) is 71.6 cm³/mol. The minimum absolute atomic E-state index is 0.545. The monoisotopic (exact) mass is 241 g/mol. The molecule has 0 saturated heterocycles. The van der Waals surface area contributed by atoms with Crippen LogP contribution in [0.3, 0.4) is 0 Å². The number of hydrogen-bond donors (Lipinski definition) is 0. The lowest BCUT2D eigenvalue weighted by atomic mass is 10.2. The van der Waals surface area contributed by atoms with Crippen LogP contribution >= 0.6 is 11.3 Å². The summed E-state index contributed by atoms with van der Waals surface area (Å²) in [5.41, 5.74) is 1.18. The Morgan fingerprint density at radius 2 is 2.06 bits per heavy atom. The van der Waals surface area contributed by atoms with Gasteiger partial charge in [0.25, 0.3) is 0 Å². The van der Waals surface area contributed by atoms with Gasteiger partial charge in [-0.05, 0) is 41.1 Å². The van der Waals surface area contributed by atoms with Crippen LogP contribution in [0.25, 0.3) is 10.1 Å². The first-order chi connectivity index (χ1) is 8.34. The van der Waals surface area contributed by atoms with Gasteiger partial charge in [0, 0.05) is 28.5 Å². The van der Waals surface area contributed by atoms with Crippen molar-refractivity contribution in [1.29, 1.82) is 0 Å². The number of rotatable bonds is 2. The van der Waals surface area contributed by atoms with Crippen LogP contribution in [-0.2, 0) is 0 Å². The number of anilines is 2. The standard InChI is InChI=1S/C13H9N2OS/c16-15(12-2-1-6-14-9-12)11-4-3-10-5-7-17-13(10)8-11/h1-9H/q-1. The zero-order chi connectivity index (χ0) is 11.7. The van der Waals surface area contributed by atoms with Gasteiger partial charge in [-0.25, -0.2) is 0 Å². The highest BCUT2D eigenvalue weighted by molar-refractivity contribution is 7.17. The van der Waals surface area contributed by atoms with E-state index in [9.17, 15) is 5.21 Å². The van der Waals surface area contributed by atoms with Gasteiger partial charge in [0.15, 0.2) is 0 Å². The number of thiophene rings is 1. The molecule has 3 rings (SSSR count). The fourth-order valence-corrected chi connectivity index (χ4v) is 2.51. The van der Waals surface area contributed by atoms with Gasteiger partial charge in [0.1, 0.15) is 0 Å². The average molecular weight is 241 g/mol. The molecule has 0 bridgehead atoms. The summed E-state index contributed by atoms with van der Waals surface area (Å²) in [6, 6.07) is 11.2. The molecule has 0 spiro atoms. The molecule has 2 heterocycles. The van der Waals surface area contributed by atoms with E-state index in [-0.39, 0.29) is 0 Å². The highest BCUT2D eigenvalue weighted by Gasteiger charge is 2.01. The number of nitrogens with zero attached hydrogens (tertiary/aromatic N) is 2. The summed E-state index contributed by atoms with van der Waals surface area (Å²) >= 11 is 1.63. The zero-order valence-electron chi connectivity index (χ0n) is 8.91. The van der Waals surface area contributed by atoms with Gasteiger partial charge in [0.2, 0.25) is 0 Å². The van der Waals surface area contributed by atoms with E-state index in [1.54, 1.807) is 35.9 Å². The Bertz CT molecular complexity index is 636. The third-order valence-electron chi connectivity index (χ3n) is 2.55. The summed E-state index contributed by atoms with van der Waals surface area (Å²) in [4.78, 5) is 3.94. The second-order valence-corrected chi connectivity index (χ2v) is 4.60. The molecule has 0 unspecified atom stereocenters. The van der Waals surface area contributed by atoms with Crippen LogP contribution in [0.1, 0.15) is 0 Å². The first-order valence-electron chi connectivity index (χ1n) is 5.19. The third kappa shape index (κ3) is 1.88. The van der Waals surface area contributed by atoms with Crippen LogP contribution in [0.5, 0.6) is 0 Å². The van der Waals surface area contributed by atoms with E-state index in [1.807, 2.05) is 29.6 Å². The topological polar surface area (TPSA) is 39.2 Å². The van der Waals surface area contributed by atoms with Crippen LogP contribution in [0.15, 0.2) is 54.2 Å². The van der Waals surface area contributed by atoms with Crippen LogP contribution in [-0.4, -0.2) is 4.98 Å². The van der Waals surface area contributed by atoms with Crippen molar-refractivity contribution in [3.63, 3.8) is 0 Å². The lowest BCUT2D eigenvalue weighted by Gasteiger charge is -2.30. The Morgan fingerprint density at radius 1 is 1.12 bits per heavy atom. The number of aromatic nitrogens is 1. The molecule has 0 radical (unpaired) electrons. The summed E-state index contributed by atoms with van der Waals surface area (Å²) < 4.78 is 1.12. The summed E-state index contributed by atoms with van der Waals surface area (Å²) in [6.45, 7) is 0. The molecule has 0 aliphatic carbocycles. The van der Waals surface area contributed by atoms with Gasteiger partial charge >= 0.3 is 0 Å². The number of pyridine rings is 1. The highest BCUT2D eigenvalue weighted by Crippen LogP contribution is 2.29. The van der Waals surface area contributed by atoms with E-state index in [0.29, 0.717) is 11.4 Å². The lowest BCUT2D eigenvalue weighted by Crippen LogP contribution is -2.06. The van der Waals surface area contributed by atoms with Crippen molar-refractivity contribution >= 4 is 32.8 Å². The van der Waals surface area contributed by atoms with Crippen molar-refractivity contribution in [1.82, 2.24) is 4.98 Å². The molecule has 0 saturated carbocycles. The van der Waals surface area contributed by atoms with Crippen molar-refractivity contribution in [3.05, 3.63) is 59.4 Å². The molecule has 84 valence electrons. The van der Waals surface area contributed by atoms with E-state index in [1.165, 1.54) is 5.39 Å². The summed E-state index contributed by atoms with van der Waals surface area (Å²) in [5.74, 6) is 0. The van der Waals surface area contributed by atoms with Gasteiger partial charge in [-0.2, -0.15) is 0 Å². The van der Waals surface area contributed by atoms with Gasteiger partial charge in [-0.1, -0.05) is 6.07 Å². The van der Waals surface area contributed by atoms with Gasteiger partial charge in [-0.3, -0.25) is 4.98 Å². The normalized spacial score (nSPS) is 10.6. The zero-order valence-corrected chi connectivity index (χ0v) is 9.72. The molecule has 0 atom stereocenters. The molecule has 0 aliphatic rings. The number of benzene rings is 1. The minimum Gasteiger partial charge on any atom is -0.754 e. The summed E-state index contributed by atoms with van der Waals surface area (Å²) in [7, 11) is 0. The minimum atomic E-state index is 0.545. The maximum atomic E-state index is 12.1.